The summed E-state index contributed by atoms with van der Waals surface area (Å²) in [5.74, 6) is 0.0492. The number of hydrogen-bond acceptors (Lipinski definition) is 1. The molecule has 0 aromatic heterocycles. The van der Waals surface area contributed by atoms with E-state index in [1.54, 1.807) is 18.2 Å². The van der Waals surface area contributed by atoms with Gasteiger partial charge in [-0.1, -0.05) is 0 Å². The molecule has 1 rings (SSSR count). The molecule has 0 saturated heterocycles. The molecule has 2 nitrogen and oxygen atoms in total. The van der Waals surface area contributed by atoms with E-state index in [0.29, 0.717) is 5.56 Å². The largest absolute Gasteiger partial charge is 0.334 e. The van der Waals surface area contributed by atoms with Crippen molar-refractivity contribution < 1.29 is 4.79 Å². The van der Waals surface area contributed by atoms with Gasteiger partial charge in [-0.25, -0.2) is 0 Å². The molecule has 80 valence electrons. The highest BCUT2D eigenvalue weighted by Gasteiger charge is 2.20. The zero-order valence-corrected chi connectivity index (χ0v) is 9.74. The standard InChI is InChI=1S/C13H17NO/c1-10(2)14(11(3)4)13(15)12-8-6-5-7-9-12/h5,8-11H,1-4H3. The Morgan fingerprint density at radius 1 is 1.13 bits per heavy atom. The summed E-state index contributed by atoms with van der Waals surface area (Å²) in [5, 5.41) is 0. The Balaban J connectivity index is 2.92. The Morgan fingerprint density at radius 3 is 2.00 bits per heavy atom. The molecule has 0 aliphatic carbocycles. The molecule has 0 aliphatic heterocycles. The van der Waals surface area contributed by atoms with Crippen LogP contribution in [0.15, 0.2) is 18.2 Å². The lowest BCUT2D eigenvalue weighted by Gasteiger charge is -2.30. The van der Waals surface area contributed by atoms with Gasteiger partial charge in [-0.3, -0.25) is 4.79 Å². The third-order valence-electron chi connectivity index (χ3n) is 2.24. The van der Waals surface area contributed by atoms with Crippen molar-refractivity contribution in [3.63, 3.8) is 0 Å². The minimum atomic E-state index is 0.0492. The van der Waals surface area contributed by atoms with Crippen molar-refractivity contribution in [1.29, 1.82) is 0 Å². The maximum absolute atomic E-state index is 12.1. The Hall–Kier alpha value is -1.31. The lowest BCUT2D eigenvalue weighted by atomic mass is 10.1. The van der Waals surface area contributed by atoms with Gasteiger partial charge in [0.2, 0.25) is 0 Å². The maximum Gasteiger partial charge on any atom is 0.254 e. The molecule has 0 unspecified atom stereocenters. The molecule has 0 aliphatic rings. The smallest absolute Gasteiger partial charge is 0.254 e. The van der Waals surface area contributed by atoms with Crippen molar-refractivity contribution >= 4 is 5.91 Å². The van der Waals surface area contributed by atoms with Crippen LogP contribution in [0.3, 0.4) is 0 Å². The first-order valence-corrected chi connectivity index (χ1v) is 5.24. The quantitative estimate of drug-likeness (QED) is 0.739. The van der Waals surface area contributed by atoms with Crippen LogP contribution in [-0.4, -0.2) is 22.9 Å². The van der Waals surface area contributed by atoms with E-state index in [1.165, 1.54) is 0 Å². The average molecular weight is 203 g/mol. The predicted molar refractivity (Wildman–Crippen MR) is 60.6 cm³/mol. The van der Waals surface area contributed by atoms with Crippen LogP contribution in [0.2, 0.25) is 0 Å². The zero-order chi connectivity index (χ0) is 11.4. The Kier molecular flexibility index (Phi) is 3.89. The summed E-state index contributed by atoms with van der Waals surface area (Å²) < 4.78 is 0. The first kappa shape index (κ1) is 11.8. The number of carbonyl (C=O) groups is 1. The molecular weight excluding hydrogens is 186 g/mol. The fourth-order valence-electron chi connectivity index (χ4n) is 1.69. The van der Waals surface area contributed by atoms with Gasteiger partial charge in [0.15, 0.2) is 0 Å². The van der Waals surface area contributed by atoms with Gasteiger partial charge >= 0.3 is 0 Å². The Morgan fingerprint density at radius 2 is 1.60 bits per heavy atom. The monoisotopic (exact) mass is 203 g/mol. The van der Waals surface area contributed by atoms with Gasteiger partial charge in [-0.2, -0.15) is 0 Å². The van der Waals surface area contributed by atoms with Crippen LogP contribution in [-0.2, 0) is 0 Å². The predicted octanol–water partition coefficient (Wildman–Crippen LogP) is 2.55. The second-order valence-corrected chi connectivity index (χ2v) is 4.12. The topological polar surface area (TPSA) is 20.3 Å². The van der Waals surface area contributed by atoms with Crippen LogP contribution in [0.1, 0.15) is 38.1 Å². The van der Waals surface area contributed by atoms with E-state index in [1.807, 2.05) is 32.6 Å². The van der Waals surface area contributed by atoms with E-state index in [2.05, 4.69) is 12.1 Å². The fourth-order valence-corrected chi connectivity index (χ4v) is 1.69. The summed E-state index contributed by atoms with van der Waals surface area (Å²) in [4.78, 5) is 14.0. The fraction of sp³-hybridized carbons (Fsp3) is 0.462. The molecule has 0 atom stereocenters. The SMILES string of the molecule is CC(C)N(C(=O)c1c[c]c[c]c1)C(C)C. The van der Waals surface area contributed by atoms with Gasteiger partial charge < -0.3 is 4.90 Å². The normalized spacial score (nSPS) is 10.8. The summed E-state index contributed by atoms with van der Waals surface area (Å²) in [6.07, 6.45) is 0. The van der Waals surface area contributed by atoms with E-state index in [-0.39, 0.29) is 18.0 Å². The molecular formula is C13H17NO. The van der Waals surface area contributed by atoms with Crippen LogP contribution in [0.25, 0.3) is 0 Å². The van der Waals surface area contributed by atoms with Gasteiger partial charge in [0.25, 0.3) is 5.91 Å². The molecule has 1 amide bonds. The molecule has 1 aromatic carbocycles. The molecule has 0 bridgehead atoms. The number of hydrogen-bond donors (Lipinski definition) is 0. The number of carbonyl (C=O) groups excluding carboxylic acids is 1. The summed E-state index contributed by atoms with van der Waals surface area (Å²) in [7, 11) is 0. The van der Waals surface area contributed by atoms with E-state index < -0.39 is 0 Å². The molecule has 0 saturated carbocycles. The molecule has 1 aromatic rings. The average Bonchev–Trinajstić information content (AvgIpc) is 2.18. The lowest BCUT2D eigenvalue weighted by molar-refractivity contribution is 0.0643. The summed E-state index contributed by atoms with van der Waals surface area (Å²) >= 11 is 0. The van der Waals surface area contributed by atoms with E-state index >= 15 is 0 Å². The first-order chi connectivity index (χ1) is 7.04. The lowest BCUT2D eigenvalue weighted by Crippen LogP contribution is -2.42. The summed E-state index contributed by atoms with van der Waals surface area (Å²) in [5.41, 5.74) is 0.653. The van der Waals surface area contributed by atoms with Gasteiger partial charge in [0, 0.05) is 17.6 Å². The third kappa shape index (κ3) is 2.82. The van der Waals surface area contributed by atoms with E-state index in [4.69, 9.17) is 0 Å². The van der Waals surface area contributed by atoms with Crippen molar-refractivity contribution in [3.05, 3.63) is 35.9 Å². The van der Waals surface area contributed by atoms with Crippen molar-refractivity contribution in [3.8, 4) is 0 Å². The van der Waals surface area contributed by atoms with E-state index in [9.17, 15) is 4.79 Å². The molecule has 0 heterocycles. The molecule has 2 heteroatoms. The van der Waals surface area contributed by atoms with Crippen molar-refractivity contribution in [2.24, 2.45) is 0 Å². The molecule has 15 heavy (non-hydrogen) atoms. The highest BCUT2D eigenvalue weighted by molar-refractivity contribution is 5.94. The molecule has 0 fully saturated rings. The van der Waals surface area contributed by atoms with Crippen LogP contribution >= 0.6 is 0 Å². The minimum absolute atomic E-state index is 0.0492. The zero-order valence-electron chi connectivity index (χ0n) is 9.74. The van der Waals surface area contributed by atoms with Gasteiger partial charge in [0.05, 0.1) is 0 Å². The Labute approximate surface area is 91.9 Å². The number of nitrogens with zero attached hydrogens (tertiary/aromatic N) is 1. The second kappa shape index (κ2) is 4.96. The van der Waals surface area contributed by atoms with Crippen LogP contribution in [0.5, 0.6) is 0 Å². The van der Waals surface area contributed by atoms with Crippen LogP contribution < -0.4 is 0 Å². The number of benzene rings is 1. The van der Waals surface area contributed by atoms with Crippen molar-refractivity contribution in [2.75, 3.05) is 0 Å². The number of amides is 1. The summed E-state index contributed by atoms with van der Waals surface area (Å²) in [6, 6.07) is 11.2. The second-order valence-electron chi connectivity index (χ2n) is 4.12. The van der Waals surface area contributed by atoms with E-state index in [0.717, 1.165) is 0 Å². The van der Waals surface area contributed by atoms with Gasteiger partial charge in [-0.15, -0.1) is 0 Å². The van der Waals surface area contributed by atoms with Gasteiger partial charge in [-0.05, 0) is 58.0 Å². The minimum Gasteiger partial charge on any atom is -0.334 e. The maximum atomic E-state index is 12.1. The highest BCUT2D eigenvalue weighted by Crippen LogP contribution is 2.11. The van der Waals surface area contributed by atoms with Crippen molar-refractivity contribution in [2.45, 2.75) is 39.8 Å². The molecule has 0 spiro atoms. The first-order valence-electron chi connectivity index (χ1n) is 5.24. The van der Waals surface area contributed by atoms with Gasteiger partial charge in [0.1, 0.15) is 0 Å². The Bertz CT molecular complexity index is 309. The third-order valence-corrected chi connectivity index (χ3v) is 2.24. The highest BCUT2D eigenvalue weighted by atomic mass is 16.2. The summed E-state index contributed by atoms with van der Waals surface area (Å²) in [6.45, 7) is 8.09. The van der Waals surface area contributed by atoms with Crippen LogP contribution in [0, 0.1) is 12.1 Å². The van der Waals surface area contributed by atoms with Crippen LogP contribution in [0.4, 0.5) is 0 Å². The molecule has 0 N–H and O–H groups in total. The van der Waals surface area contributed by atoms with Crippen molar-refractivity contribution in [1.82, 2.24) is 4.90 Å². The molecule has 2 radical (unpaired) electrons. The number of rotatable bonds is 3.